The zero-order valence-corrected chi connectivity index (χ0v) is 19.9. The summed E-state index contributed by atoms with van der Waals surface area (Å²) in [5.74, 6) is 0.771. The molecule has 2 amide bonds. The van der Waals surface area contributed by atoms with E-state index in [-0.39, 0.29) is 6.03 Å². The molecule has 0 spiro atoms. The lowest BCUT2D eigenvalue weighted by molar-refractivity contribution is 0.215. The van der Waals surface area contributed by atoms with Gasteiger partial charge in [0.25, 0.3) is 0 Å². The fourth-order valence-electron chi connectivity index (χ4n) is 3.21. The third kappa shape index (κ3) is 5.95. The molecule has 7 nitrogen and oxygen atoms in total. The zero-order chi connectivity index (χ0) is 21.3. The number of amides is 2. The number of anilines is 1. The summed E-state index contributed by atoms with van der Waals surface area (Å²) >= 11 is 7.08. The number of rotatable bonds is 10. The van der Waals surface area contributed by atoms with Crippen molar-refractivity contribution >= 4 is 49.8 Å². The normalized spacial score (nSPS) is 14.0. The number of nitrogens with zero attached hydrogens (tertiary/aromatic N) is 4. The van der Waals surface area contributed by atoms with E-state index in [1.807, 2.05) is 29.2 Å². The Bertz CT molecular complexity index is 857. The second kappa shape index (κ2) is 11.3. The van der Waals surface area contributed by atoms with E-state index >= 15 is 0 Å². The maximum Gasteiger partial charge on any atom is 0.324 e. The smallest absolute Gasteiger partial charge is 0.324 e. The van der Waals surface area contributed by atoms with Gasteiger partial charge in [0.05, 0.1) is 21.8 Å². The number of aromatic nitrogens is 1. The van der Waals surface area contributed by atoms with Gasteiger partial charge in [-0.1, -0.05) is 5.16 Å². The van der Waals surface area contributed by atoms with Crippen LogP contribution in [0.1, 0.15) is 24.8 Å². The van der Waals surface area contributed by atoms with Gasteiger partial charge in [-0.3, -0.25) is 9.88 Å². The molecular weight excluding hydrogens is 516 g/mol. The molecule has 2 aromatic rings. The number of urea groups is 1. The average Bonchev–Trinajstić information content (AvgIpc) is 3.11. The van der Waals surface area contributed by atoms with Crippen LogP contribution in [0.15, 0.2) is 50.8 Å². The molecule has 0 radical (unpaired) electrons. The number of benzene rings is 1. The molecule has 160 valence electrons. The van der Waals surface area contributed by atoms with Crippen molar-refractivity contribution in [3.8, 4) is 5.75 Å². The Labute approximate surface area is 193 Å². The van der Waals surface area contributed by atoms with Gasteiger partial charge in [0.15, 0.2) is 0 Å². The molecule has 0 unspecified atom stereocenters. The lowest BCUT2D eigenvalue weighted by Gasteiger charge is -2.18. The molecule has 3 rings (SSSR count). The first kappa shape index (κ1) is 22.6. The van der Waals surface area contributed by atoms with E-state index in [9.17, 15) is 4.79 Å². The van der Waals surface area contributed by atoms with Crippen LogP contribution < -0.4 is 9.64 Å². The largest absolute Gasteiger partial charge is 0.491 e. The van der Waals surface area contributed by atoms with E-state index in [4.69, 9.17) is 9.57 Å². The lowest BCUT2D eigenvalue weighted by atomic mass is 10.2. The van der Waals surface area contributed by atoms with Crippen LogP contribution in [0.5, 0.6) is 5.75 Å². The van der Waals surface area contributed by atoms with Crippen LogP contribution in [0.4, 0.5) is 10.5 Å². The van der Waals surface area contributed by atoms with E-state index in [1.165, 1.54) is 7.11 Å². The quantitative estimate of drug-likeness (QED) is 0.240. The summed E-state index contributed by atoms with van der Waals surface area (Å²) in [5.41, 5.74) is 1.81. The molecule has 30 heavy (non-hydrogen) atoms. The number of unbranched alkanes of at least 4 members (excludes halogenated alkanes) is 2. The molecule has 0 atom stereocenters. The minimum absolute atomic E-state index is 0.0717. The summed E-state index contributed by atoms with van der Waals surface area (Å²) in [5, 5.41) is 3.77. The molecular formula is C21H24Br2N4O3. The molecule has 1 aliphatic rings. The molecule has 0 N–H and O–H groups in total. The van der Waals surface area contributed by atoms with E-state index in [2.05, 4.69) is 42.0 Å². The molecule has 1 fully saturated rings. The number of hydrogen-bond donors (Lipinski definition) is 0. The first-order valence-electron chi connectivity index (χ1n) is 9.75. The molecule has 1 saturated heterocycles. The SMILES string of the molecule is CO/N=C/c1cc(Br)c(OCCCCCN2CCN(c3ccncc3)C2=O)c(Br)c1. The van der Waals surface area contributed by atoms with Gasteiger partial charge in [-0.15, -0.1) is 0 Å². The maximum atomic E-state index is 12.6. The van der Waals surface area contributed by atoms with Gasteiger partial charge < -0.3 is 14.5 Å². The Hall–Kier alpha value is -2.13. The molecule has 9 heteroatoms. The second-order valence-electron chi connectivity index (χ2n) is 6.77. The Kier molecular flexibility index (Phi) is 8.50. The Balaban J connectivity index is 1.38. The minimum Gasteiger partial charge on any atom is -0.491 e. The first-order chi connectivity index (χ1) is 14.6. The van der Waals surface area contributed by atoms with Crippen molar-refractivity contribution in [2.24, 2.45) is 5.16 Å². The molecule has 0 saturated carbocycles. The van der Waals surface area contributed by atoms with Crippen LogP contribution in [0.25, 0.3) is 0 Å². The van der Waals surface area contributed by atoms with Crippen molar-refractivity contribution < 1.29 is 14.4 Å². The highest BCUT2D eigenvalue weighted by Crippen LogP contribution is 2.34. The van der Waals surface area contributed by atoms with Gasteiger partial charge in [0.1, 0.15) is 12.9 Å². The van der Waals surface area contributed by atoms with Crippen LogP contribution in [-0.2, 0) is 4.84 Å². The second-order valence-corrected chi connectivity index (χ2v) is 8.48. The average molecular weight is 540 g/mol. The van der Waals surface area contributed by atoms with Gasteiger partial charge in [-0.2, -0.15) is 0 Å². The van der Waals surface area contributed by atoms with E-state index < -0.39 is 0 Å². The van der Waals surface area contributed by atoms with Crippen molar-refractivity contribution in [2.45, 2.75) is 19.3 Å². The first-order valence-corrected chi connectivity index (χ1v) is 11.3. The number of ether oxygens (including phenoxy) is 1. The third-order valence-corrected chi connectivity index (χ3v) is 5.89. The predicted molar refractivity (Wildman–Crippen MR) is 124 cm³/mol. The van der Waals surface area contributed by atoms with Gasteiger partial charge in [-0.05, 0) is 81.0 Å². The topological polar surface area (TPSA) is 67.3 Å². The molecule has 0 bridgehead atoms. The van der Waals surface area contributed by atoms with Crippen LogP contribution >= 0.6 is 31.9 Å². The van der Waals surface area contributed by atoms with E-state index in [1.54, 1.807) is 23.5 Å². The van der Waals surface area contributed by atoms with E-state index in [0.29, 0.717) is 6.61 Å². The maximum absolute atomic E-state index is 12.6. The van der Waals surface area contributed by atoms with Crippen LogP contribution in [0.3, 0.4) is 0 Å². The van der Waals surface area contributed by atoms with Crippen LogP contribution in [-0.4, -0.2) is 55.5 Å². The highest BCUT2D eigenvalue weighted by atomic mass is 79.9. The van der Waals surface area contributed by atoms with Crippen LogP contribution in [0.2, 0.25) is 0 Å². The van der Waals surface area contributed by atoms with Gasteiger partial charge in [0.2, 0.25) is 0 Å². The fourth-order valence-corrected chi connectivity index (χ4v) is 4.67. The number of oxime groups is 1. The van der Waals surface area contributed by atoms with E-state index in [0.717, 1.165) is 64.8 Å². The van der Waals surface area contributed by atoms with Gasteiger partial charge in [0, 0.05) is 37.7 Å². The number of halogens is 2. The Morgan fingerprint density at radius 1 is 1.13 bits per heavy atom. The van der Waals surface area contributed by atoms with Gasteiger partial charge in [-0.25, -0.2) is 4.79 Å². The summed E-state index contributed by atoms with van der Waals surface area (Å²) in [4.78, 5) is 25.0. The molecule has 1 aromatic carbocycles. The molecule has 1 aliphatic heterocycles. The summed E-state index contributed by atoms with van der Waals surface area (Å²) in [6.45, 7) is 2.86. The van der Waals surface area contributed by atoms with Crippen molar-refractivity contribution in [3.05, 3.63) is 51.2 Å². The standard InChI is InChI=1S/C21H24Br2N4O3/c1-29-25-15-16-13-18(22)20(19(23)14-16)30-12-4-2-3-9-26-10-11-27(21(26)28)17-5-7-24-8-6-17/h5-8,13-15H,2-4,9-12H2,1H3/b25-15+. The zero-order valence-electron chi connectivity index (χ0n) is 16.8. The minimum atomic E-state index is 0.0717. The summed E-state index contributed by atoms with van der Waals surface area (Å²) in [6.07, 6.45) is 7.92. The van der Waals surface area contributed by atoms with Crippen LogP contribution in [0, 0.1) is 0 Å². The van der Waals surface area contributed by atoms with Crippen molar-refractivity contribution in [1.29, 1.82) is 0 Å². The summed E-state index contributed by atoms with van der Waals surface area (Å²) in [6, 6.07) is 7.66. The summed E-state index contributed by atoms with van der Waals surface area (Å²) in [7, 11) is 1.51. The molecule has 0 aliphatic carbocycles. The monoisotopic (exact) mass is 538 g/mol. The number of hydrogen-bond acceptors (Lipinski definition) is 5. The third-order valence-electron chi connectivity index (χ3n) is 4.72. The van der Waals surface area contributed by atoms with Crippen molar-refractivity contribution in [2.75, 3.05) is 38.3 Å². The van der Waals surface area contributed by atoms with Gasteiger partial charge >= 0.3 is 6.03 Å². The fraction of sp³-hybridized carbons (Fsp3) is 0.381. The van der Waals surface area contributed by atoms with Crippen molar-refractivity contribution in [1.82, 2.24) is 9.88 Å². The number of carbonyl (C=O) groups is 1. The predicted octanol–water partition coefficient (Wildman–Crippen LogP) is 5.08. The Morgan fingerprint density at radius 2 is 1.87 bits per heavy atom. The number of pyridine rings is 1. The summed E-state index contributed by atoms with van der Waals surface area (Å²) < 4.78 is 7.64. The van der Waals surface area contributed by atoms with Crippen molar-refractivity contribution in [3.63, 3.8) is 0 Å². The lowest BCUT2D eigenvalue weighted by Crippen LogP contribution is -2.32. The Morgan fingerprint density at radius 3 is 2.57 bits per heavy atom. The molecule has 2 heterocycles. The highest BCUT2D eigenvalue weighted by molar-refractivity contribution is 9.11. The highest BCUT2D eigenvalue weighted by Gasteiger charge is 2.28. The molecule has 1 aromatic heterocycles. The number of carbonyl (C=O) groups excluding carboxylic acids is 1.